The monoisotopic (exact) mass is 303 g/mol. The number of hydrogen-bond acceptors (Lipinski definition) is 5. The number of aryl methyl sites for hydroxylation is 1. The smallest absolute Gasteiger partial charge is 0.185 e. The number of aliphatic hydroxyl groups is 1. The molecule has 1 aliphatic rings. The first-order chi connectivity index (χ1) is 10.1. The second-order valence-electron chi connectivity index (χ2n) is 5.53. The van der Waals surface area contributed by atoms with E-state index >= 15 is 0 Å². The largest absolute Gasteiger partial charge is 0.388 e. The molecule has 2 heterocycles. The summed E-state index contributed by atoms with van der Waals surface area (Å²) in [7, 11) is 0. The van der Waals surface area contributed by atoms with Crippen molar-refractivity contribution >= 4 is 22.2 Å². The van der Waals surface area contributed by atoms with Crippen molar-refractivity contribution < 1.29 is 5.11 Å². The maximum Gasteiger partial charge on any atom is 0.185 e. The number of piperazine rings is 1. The Balaban J connectivity index is 1.64. The lowest BCUT2D eigenvalue weighted by Gasteiger charge is -2.36. The Morgan fingerprint density at radius 3 is 2.52 bits per heavy atom. The van der Waals surface area contributed by atoms with Crippen LogP contribution in [0.15, 0.2) is 30.5 Å². The van der Waals surface area contributed by atoms with Gasteiger partial charge >= 0.3 is 0 Å². The molecule has 0 bridgehead atoms. The molecule has 1 aliphatic heterocycles. The van der Waals surface area contributed by atoms with Gasteiger partial charge in [-0.15, -0.1) is 0 Å². The van der Waals surface area contributed by atoms with Gasteiger partial charge in [-0.3, -0.25) is 0 Å². The molecule has 1 atom stereocenters. The van der Waals surface area contributed by atoms with Gasteiger partial charge < -0.3 is 14.9 Å². The highest BCUT2D eigenvalue weighted by Crippen LogP contribution is 2.28. The van der Waals surface area contributed by atoms with Crippen LogP contribution >= 0.6 is 11.3 Å². The third-order valence-corrected chi connectivity index (χ3v) is 5.07. The van der Waals surface area contributed by atoms with E-state index in [0.717, 1.165) is 36.2 Å². The molecule has 0 saturated carbocycles. The Kier molecular flexibility index (Phi) is 4.12. The molecule has 1 aromatic carbocycles. The van der Waals surface area contributed by atoms with E-state index in [9.17, 15) is 5.11 Å². The van der Waals surface area contributed by atoms with E-state index in [1.54, 1.807) is 24.5 Å². The molecule has 2 aromatic rings. The molecule has 112 valence electrons. The number of nitrogens with zero attached hydrogens (tertiary/aromatic N) is 3. The minimum atomic E-state index is -0.426. The number of aromatic nitrogens is 1. The van der Waals surface area contributed by atoms with Crippen LogP contribution in [0.3, 0.4) is 0 Å². The summed E-state index contributed by atoms with van der Waals surface area (Å²) < 4.78 is 0. The van der Waals surface area contributed by atoms with Crippen molar-refractivity contribution in [1.29, 1.82) is 0 Å². The second kappa shape index (κ2) is 6.03. The summed E-state index contributed by atoms with van der Waals surface area (Å²) in [5.41, 5.74) is 2.61. The Labute approximate surface area is 129 Å². The van der Waals surface area contributed by atoms with Gasteiger partial charge in [0.1, 0.15) is 0 Å². The van der Waals surface area contributed by atoms with Crippen molar-refractivity contribution in [3.63, 3.8) is 0 Å². The first-order valence-electron chi connectivity index (χ1n) is 7.34. The zero-order valence-electron chi connectivity index (χ0n) is 12.5. The van der Waals surface area contributed by atoms with Gasteiger partial charge in [0.25, 0.3) is 0 Å². The van der Waals surface area contributed by atoms with Crippen LogP contribution in [-0.2, 0) is 0 Å². The number of thiazole rings is 1. The van der Waals surface area contributed by atoms with Crippen LogP contribution in [0.4, 0.5) is 10.8 Å². The Bertz CT molecular complexity index is 603. The molecule has 0 amide bonds. The summed E-state index contributed by atoms with van der Waals surface area (Å²) in [6.45, 7) is 7.88. The lowest BCUT2D eigenvalue weighted by atomic mass is 10.2. The molecule has 5 heteroatoms. The predicted octanol–water partition coefficient (Wildman–Crippen LogP) is 2.83. The third kappa shape index (κ3) is 3.19. The molecule has 21 heavy (non-hydrogen) atoms. The molecule has 1 N–H and O–H groups in total. The molecule has 3 rings (SSSR count). The highest BCUT2D eigenvalue weighted by Gasteiger charge is 2.20. The van der Waals surface area contributed by atoms with E-state index in [4.69, 9.17) is 0 Å². The van der Waals surface area contributed by atoms with E-state index in [0.29, 0.717) is 0 Å². The standard InChI is InChI=1S/C16H21N3OS/c1-12-4-3-5-14(10-12)18-6-8-19(9-7-18)16-17-11-15(21-16)13(2)20/h3-5,10-11,13,20H,6-9H2,1-2H3. The van der Waals surface area contributed by atoms with Gasteiger partial charge in [0, 0.05) is 38.1 Å². The molecule has 1 unspecified atom stereocenters. The van der Waals surface area contributed by atoms with Crippen LogP contribution in [0.25, 0.3) is 0 Å². The van der Waals surface area contributed by atoms with Gasteiger partial charge in [-0.2, -0.15) is 0 Å². The first kappa shape index (κ1) is 14.4. The van der Waals surface area contributed by atoms with Gasteiger partial charge in [-0.1, -0.05) is 23.5 Å². The van der Waals surface area contributed by atoms with E-state index in [2.05, 4.69) is 46.0 Å². The van der Waals surface area contributed by atoms with Crippen LogP contribution in [0, 0.1) is 6.92 Å². The van der Waals surface area contributed by atoms with Crippen LogP contribution in [0.5, 0.6) is 0 Å². The molecule has 4 nitrogen and oxygen atoms in total. The van der Waals surface area contributed by atoms with Crippen molar-refractivity contribution in [2.45, 2.75) is 20.0 Å². The first-order valence-corrected chi connectivity index (χ1v) is 8.15. The lowest BCUT2D eigenvalue weighted by Crippen LogP contribution is -2.46. The zero-order chi connectivity index (χ0) is 14.8. The molecule has 1 fully saturated rings. The van der Waals surface area contributed by atoms with E-state index in [1.165, 1.54) is 11.3 Å². The summed E-state index contributed by atoms with van der Waals surface area (Å²) in [6, 6.07) is 8.67. The Hall–Kier alpha value is -1.59. The summed E-state index contributed by atoms with van der Waals surface area (Å²) in [5.74, 6) is 0. The zero-order valence-corrected chi connectivity index (χ0v) is 13.3. The fourth-order valence-electron chi connectivity index (χ4n) is 2.60. The summed E-state index contributed by atoms with van der Waals surface area (Å²) in [6.07, 6.45) is 1.36. The predicted molar refractivity (Wildman–Crippen MR) is 88.4 cm³/mol. The van der Waals surface area contributed by atoms with Crippen molar-refractivity contribution in [2.24, 2.45) is 0 Å². The van der Waals surface area contributed by atoms with Gasteiger partial charge in [-0.05, 0) is 31.5 Å². The van der Waals surface area contributed by atoms with Gasteiger partial charge in [-0.25, -0.2) is 4.98 Å². The highest BCUT2D eigenvalue weighted by molar-refractivity contribution is 7.15. The highest BCUT2D eigenvalue weighted by atomic mass is 32.1. The van der Waals surface area contributed by atoms with E-state index in [1.807, 2.05) is 0 Å². The third-order valence-electron chi connectivity index (χ3n) is 3.84. The molecule has 0 aliphatic carbocycles. The molecule has 0 spiro atoms. The molecule has 0 radical (unpaired) electrons. The van der Waals surface area contributed by atoms with Gasteiger partial charge in [0.05, 0.1) is 11.0 Å². The summed E-state index contributed by atoms with van der Waals surface area (Å²) >= 11 is 1.59. The number of aliphatic hydroxyl groups excluding tert-OH is 1. The number of hydrogen-bond donors (Lipinski definition) is 1. The van der Waals surface area contributed by atoms with Crippen molar-refractivity contribution in [3.8, 4) is 0 Å². The van der Waals surface area contributed by atoms with Crippen molar-refractivity contribution in [1.82, 2.24) is 4.98 Å². The fraction of sp³-hybridized carbons (Fsp3) is 0.438. The lowest BCUT2D eigenvalue weighted by molar-refractivity contribution is 0.203. The summed E-state index contributed by atoms with van der Waals surface area (Å²) in [5, 5.41) is 10.6. The second-order valence-corrected chi connectivity index (χ2v) is 6.57. The molecule has 1 aromatic heterocycles. The molecular weight excluding hydrogens is 282 g/mol. The average Bonchev–Trinajstić information content (AvgIpc) is 2.97. The van der Waals surface area contributed by atoms with Crippen LogP contribution in [-0.4, -0.2) is 36.3 Å². The minimum absolute atomic E-state index is 0.426. The average molecular weight is 303 g/mol. The molecular formula is C16H21N3OS. The Morgan fingerprint density at radius 2 is 1.90 bits per heavy atom. The maximum absolute atomic E-state index is 9.60. The van der Waals surface area contributed by atoms with Crippen LogP contribution in [0.2, 0.25) is 0 Å². The SMILES string of the molecule is Cc1cccc(N2CCN(c3ncc(C(C)O)s3)CC2)c1. The van der Waals surface area contributed by atoms with Crippen LogP contribution < -0.4 is 9.80 Å². The van der Waals surface area contributed by atoms with Crippen LogP contribution in [0.1, 0.15) is 23.5 Å². The normalized spacial score (nSPS) is 17.1. The molecule has 1 saturated heterocycles. The van der Waals surface area contributed by atoms with Crippen molar-refractivity contribution in [3.05, 3.63) is 40.9 Å². The van der Waals surface area contributed by atoms with Crippen molar-refractivity contribution in [2.75, 3.05) is 36.0 Å². The topological polar surface area (TPSA) is 39.6 Å². The fourth-order valence-corrected chi connectivity index (χ4v) is 3.50. The maximum atomic E-state index is 9.60. The Morgan fingerprint density at radius 1 is 1.19 bits per heavy atom. The number of benzene rings is 1. The van der Waals surface area contributed by atoms with E-state index in [-0.39, 0.29) is 0 Å². The minimum Gasteiger partial charge on any atom is -0.388 e. The van der Waals surface area contributed by atoms with E-state index < -0.39 is 6.10 Å². The van der Waals surface area contributed by atoms with Gasteiger partial charge in [0.2, 0.25) is 0 Å². The summed E-state index contributed by atoms with van der Waals surface area (Å²) in [4.78, 5) is 10.1. The number of anilines is 2. The van der Waals surface area contributed by atoms with Gasteiger partial charge in [0.15, 0.2) is 5.13 Å². The number of rotatable bonds is 3. The quantitative estimate of drug-likeness (QED) is 0.946.